The van der Waals surface area contributed by atoms with Gasteiger partial charge in [0.2, 0.25) is 5.91 Å². The fourth-order valence-electron chi connectivity index (χ4n) is 6.70. The number of carbonyl (C=O) groups excluding carboxylic acids is 1. The highest BCUT2D eigenvalue weighted by Gasteiger charge is 2.56. The highest BCUT2D eigenvalue weighted by Crippen LogP contribution is 2.60. The first-order chi connectivity index (χ1) is 14.1. The van der Waals surface area contributed by atoms with Crippen LogP contribution in [-0.2, 0) is 4.79 Å². The topological polar surface area (TPSA) is 36.4 Å². The van der Waals surface area contributed by atoms with E-state index in [0.29, 0.717) is 5.91 Å². The van der Waals surface area contributed by atoms with E-state index in [1.54, 1.807) is 11.3 Å². The lowest BCUT2D eigenvalue weighted by Gasteiger charge is -2.56. The lowest BCUT2D eigenvalue weighted by Crippen LogP contribution is -2.55. The summed E-state index contributed by atoms with van der Waals surface area (Å²) in [5, 5.41) is 0.902. The third kappa shape index (κ3) is 3.89. The first kappa shape index (κ1) is 22.0. The standard InChI is InChI=1S/C24H33N3OS.ClH/c1-3-26(4-2)9-10-27(23-25-20-7-5-6-8-21(20)29-23)22(28)24-14-17-11-18(15-24)13-19(12-17)16-24;/h5-8,17-19H,3-4,9-16H2,1-2H3;1H. The van der Waals surface area contributed by atoms with Gasteiger partial charge in [-0.1, -0.05) is 37.3 Å². The van der Waals surface area contributed by atoms with Crippen molar-refractivity contribution in [2.45, 2.75) is 52.4 Å². The number of hydrogen-bond donors (Lipinski definition) is 0. The van der Waals surface area contributed by atoms with Crippen LogP contribution in [0.1, 0.15) is 52.4 Å². The number of nitrogens with zero attached hydrogens (tertiary/aromatic N) is 3. The van der Waals surface area contributed by atoms with Crippen LogP contribution in [0.15, 0.2) is 24.3 Å². The number of thiazole rings is 1. The van der Waals surface area contributed by atoms with Crippen molar-refractivity contribution in [2.75, 3.05) is 31.1 Å². The van der Waals surface area contributed by atoms with Crippen LogP contribution in [0.3, 0.4) is 0 Å². The number of fused-ring (bicyclic) bond motifs is 1. The molecular formula is C24H34ClN3OS. The van der Waals surface area contributed by atoms with Crippen molar-refractivity contribution in [1.82, 2.24) is 9.88 Å². The Morgan fingerprint density at radius 3 is 2.20 bits per heavy atom. The molecule has 4 saturated carbocycles. The predicted octanol–water partition coefficient (Wildman–Crippen LogP) is 5.61. The Kier molecular flexibility index (Phi) is 6.43. The molecule has 6 rings (SSSR count). The molecule has 0 aliphatic heterocycles. The maximum absolute atomic E-state index is 14.1. The lowest BCUT2D eigenvalue weighted by molar-refractivity contribution is -0.143. The zero-order chi connectivity index (χ0) is 20.0. The van der Waals surface area contributed by atoms with Gasteiger partial charge in [-0.15, -0.1) is 12.4 Å². The van der Waals surface area contributed by atoms with Crippen LogP contribution in [0.4, 0.5) is 5.13 Å². The molecule has 1 amide bonds. The Morgan fingerprint density at radius 1 is 1.03 bits per heavy atom. The molecule has 0 spiro atoms. The molecule has 164 valence electrons. The average molecular weight is 448 g/mol. The van der Waals surface area contributed by atoms with Gasteiger partial charge in [-0.3, -0.25) is 9.69 Å². The van der Waals surface area contributed by atoms with Gasteiger partial charge >= 0.3 is 0 Å². The molecule has 4 fully saturated rings. The summed E-state index contributed by atoms with van der Waals surface area (Å²) in [7, 11) is 0. The van der Waals surface area contributed by atoms with Crippen molar-refractivity contribution in [3.63, 3.8) is 0 Å². The van der Waals surface area contributed by atoms with Crippen molar-refractivity contribution in [2.24, 2.45) is 23.2 Å². The summed E-state index contributed by atoms with van der Waals surface area (Å²) in [5.74, 6) is 2.73. The van der Waals surface area contributed by atoms with E-state index in [0.717, 1.165) is 73.8 Å². The zero-order valence-electron chi connectivity index (χ0n) is 18.2. The van der Waals surface area contributed by atoms with Crippen LogP contribution in [0, 0.1) is 23.2 Å². The van der Waals surface area contributed by atoms with Crippen molar-refractivity contribution < 1.29 is 4.79 Å². The summed E-state index contributed by atoms with van der Waals surface area (Å²) < 4.78 is 1.17. The number of halogens is 1. The number of benzene rings is 1. The summed E-state index contributed by atoms with van der Waals surface area (Å²) in [4.78, 5) is 23.5. The molecule has 4 nitrogen and oxygen atoms in total. The number of hydrogen-bond acceptors (Lipinski definition) is 4. The quantitative estimate of drug-likeness (QED) is 0.553. The van der Waals surface area contributed by atoms with Crippen LogP contribution in [0.25, 0.3) is 10.2 Å². The third-order valence-corrected chi connectivity index (χ3v) is 8.84. The van der Waals surface area contributed by atoms with Gasteiger partial charge in [-0.2, -0.15) is 0 Å². The minimum absolute atomic E-state index is 0. The first-order valence-electron chi connectivity index (χ1n) is 11.5. The molecule has 4 aliphatic carbocycles. The molecule has 4 aliphatic rings. The Bertz CT molecular complexity index is 825. The molecule has 1 aromatic carbocycles. The van der Waals surface area contributed by atoms with Crippen LogP contribution in [0.2, 0.25) is 0 Å². The smallest absolute Gasteiger partial charge is 0.235 e. The highest BCUT2D eigenvalue weighted by molar-refractivity contribution is 7.22. The molecular weight excluding hydrogens is 414 g/mol. The van der Waals surface area contributed by atoms with E-state index in [1.807, 2.05) is 6.07 Å². The second kappa shape index (κ2) is 8.76. The Balaban J connectivity index is 0.00000218. The third-order valence-electron chi connectivity index (χ3n) is 7.78. The van der Waals surface area contributed by atoms with Crippen LogP contribution < -0.4 is 4.90 Å². The number of anilines is 1. The van der Waals surface area contributed by atoms with E-state index in [-0.39, 0.29) is 17.8 Å². The van der Waals surface area contributed by atoms with Gasteiger partial charge in [-0.25, -0.2) is 4.98 Å². The monoisotopic (exact) mass is 447 g/mol. The normalized spacial score (nSPS) is 29.4. The molecule has 30 heavy (non-hydrogen) atoms. The SMILES string of the molecule is CCN(CC)CCN(C(=O)C12CC3CC(CC(C3)C1)C2)c1nc2ccccc2s1.Cl. The number of carbonyl (C=O) groups is 1. The number of aromatic nitrogens is 1. The van der Waals surface area contributed by atoms with Crippen molar-refractivity contribution in [3.05, 3.63) is 24.3 Å². The molecule has 0 unspecified atom stereocenters. The maximum Gasteiger partial charge on any atom is 0.235 e. The predicted molar refractivity (Wildman–Crippen MR) is 128 cm³/mol. The van der Waals surface area contributed by atoms with Gasteiger partial charge < -0.3 is 4.90 Å². The summed E-state index contributed by atoms with van der Waals surface area (Å²) in [5.41, 5.74) is 0.897. The van der Waals surface area contributed by atoms with E-state index in [1.165, 1.54) is 24.0 Å². The summed E-state index contributed by atoms with van der Waals surface area (Å²) >= 11 is 1.68. The second-order valence-electron chi connectivity index (χ2n) is 9.65. The molecule has 0 radical (unpaired) electrons. The molecule has 2 aromatic rings. The first-order valence-corrected chi connectivity index (χ1v) is 12.3. The van der Waals surface area contributed by atoms with Crippen LogP contribution >= 0.6 is 23.7 Å². The molecule has 1 aromatic heterocycles. The van der Waals surface area contributed by atoms with Crippen LogP contribution in [-0.4, -0.2) is 42.0 Å². The summed E-state index contributed by atoms with van der Waals surface area (Å²) in [6, 6.07) is 8.28. The summed E-state index contributed by atoms with van der Waals surface area (Å²) in [6.45, 7) is 8.12. The lowest BCUT2D eigenvalue weighted by atomic mass is 9.49. The van der Waals surface area contributed by atoms with Gasteiger partial charge in [0, 0.05) is 13.1 Å². The molecule has 4 bridgehead atoms. The Hall–Kier alpha value is -1.17. The maximum atomic E-state index is 14.1. The summed E-state index contributed by atoms with van der Waals surface area (Å²) in [6.07, 6.45) is 7.45. The van der Waals surface area contributed by atoms with Crippen LogP contribution in [0.5, 0.6) is 0 Å². The molecule has 6 heteroatoms. The number of para-hydroxylation sites is 1. The van der Waals surface area contributed by atoms with Gasteiger partial charge in [0.15, 0.2) is 5.13 Å². The number of amides is 1. The van der Waals surface area contributed by atoms with Gasteiger partial charge in [0.05, 0.1) is 15.6 Å². The zero-order valence-corrected chi connectivity index (χ0v) is 19.8. The minimum Gasteiger partial charge on any atom is -0.302 e. The van der Waals surface area contributed by atoms with Crippen molar-refractivity contribution in [3.8, 4) is 0 Å². The van der Waals surface area contributed by atoms with E-state index in [4.69, 9.17) is 4.98 Å². The fraction of sp³-hybridized carbons (Fsp3) is 0.667. The number of likely N-dealkylation sites (N-methyl/N-ethyl adjacent to an activating group) is 1. The average Bonchev–Trinajstić information content (AvgIpc) is 3.14. The van der Waals surface area contributed by atoms with Gasteiger partial charge in [0.25, 0.3) is 0 Å². The Morgan fingerprint density at radius 2 is 1.63 bits per heavy atom. The largest absolute Gasteiger partial charge is 0.302 e. The second-order valence-corrected chi connectivity index (χ2v) is 10.7. The molecule has 0 saturated heterocycles. The fourth-order valence-corrected chi connectivity index (χ4v) is 7.69. The van der Waals surface area contributed by atoms with E-state index in [9.17, 15) is 4.79 Å². The van der Waals surface area contributed by atoms with E-state index in [2.05, 4.69) is 41.8 Å². The highest BCUT2D eigenvalue weighted by atomic mass is 35.5. The number of rotatable bonds is 7. The van der Waals surface area contributed by atoms with E-state index >= 15 is 0 Å². The molecule has 0 N–H and O–H groups in total. The Labute approximate surface area is 190 Å². The van der Waals surface area contributed by atoms with Crippen molar-refractivity contribution >= 4 is 45.0 Å². The molecule has 0 atom stereocenters. The minimum atomic E-state index is -0.115. The van der Waals surface area contributed by atoms with Gasteiger partial charge in [-0.05, 0) is 81.5 Å². The molecule has 1 heterocycles. The van der Waals surface area contributed by atoms with Crippen molar-refractivity contribution in [1.29, 1.82) is 0 Å². The van der Waals surface area contributed by atoms with Gasteiger partial charge in [0.1, 0.15) is 0 Å². The van der Waals surface area contributed by atoms with E-state index < -0.39 is 0 Å².